The summed E-state index contributed by atoms with van der Waals surface area (Å²) in [5.74, 6) is 4.37. The Hall–Kier alpha value is -0.860. The molecule has 3 nitrogen and oxygen atoms in total. The van der Waals surface area contributed by atoms with E-state index < -0.39 is 0 Å². The molecule has 4 fully saturated rings. The minimum atomic E-state index is 0.187. The van der Waals surface area contributed by atoms with Gasteiger partial charge < -0.3 is 0 Å². The highest BCUT2D eigenvalue weighted by atomic mass is 16.2. The molecule has 0 aromatic carbocycles. The Bertz CT molecular complexity index is 406. The van der Waals surface area contributed by atoms with Gasteiger partial charge in [0, 0.05) is 12.1 Å². The van der Waals surface area contributed by atoms with Crippen LogP contribution in [-0.4, -0.2) is 12.1 Å². The van der Waals surface area contributed by atoms with E-state index in [1.165, 1.54) is 44.9 Å². The first-order chi connectivity index (χ1) is 9.29. The van der Waals surface area contributed by atoms with Gasteiger partial charge in [0.05, 0.1) is 0 Å². The number of nitrogens with zero attached hydrogens (tertiary/aromatic N) is 1. The number of hydrogen-bond acceptors (Lipinski definition) is 2. The molecule has 0 aromatic rings. The van der Waals surface area contributed by atoms with Gasteiger partial charge in [-0.15, -0.1) is 0 Å². The molecule has 0 heterocycles. The molecule has 19 heavy (non-hydrogen) atoms. The van der Waals surface area contributed by atoms with E-state index in [0.717, 1.165) is 24.2 Å². The first-order valence-electron chi connectivity index (χ1n) is 8.12. The van der Waals surface area contributed by atoms with E-state index in [0.29, 0.717) is 11.8 Å². The van der Waals surface area contributed by atoms with Crippen LogP contribution in [0.4, 0.5) is 0 Å². The zero-order valence-electron chi connectivity index (χ0n) is 11.6. The number of fused-ring (bicyclic) bond motifs is 4. The second-order valence-electron chi connectivity index (χ2n) is 7.37. The molecule has 4 saturated carbocycles. The number of carbonyl (C=O) groups excluding carboxylic acids is 1. The summed E-state index contributed by atoms with van der Waals surface area (Å²) in [5.41, 5.74) is 2.83. The van der Waals surface area contributed by atoms with Crippen molar-refractivity contribution in [2.45, 2.75) is 51.4 Å². The summed E-state index contributed by atoms with van der Waals surface area (Å²) < 4.78 is 0. The van der Waals surface area contributed by atoms with Crippen molar-refractivity contribution in [2.75, 3.05) is 0 Å². The van der Waals surface area contributed by atoms with Gasteiger partial charge >= 0.3 is 0 Å². The van der Waals surface area contributed by atoms with Gasteiger partial charge in [0.25, 0.3) is 0 Å². The smallest absolute Gasteiger partial charge is 0.243 e. The fraction of sp³-hybridized carbons (Fsp3) is 0.875. The van der Waals surface area contributed by atoms with Crippen molar-refractivity contribution >= 4 is 12.1 Å². The third-order valence-corrected chi connectivity index (χ3v) is 6.31. The number of carbonyl (C=O) groups is 1. The average molecular weight is 260 g/mol. The fourth-order valence-corrected chi connectivity index (χ4v) is 5.32. The van der Waals surface area contributed by atoms with Crippen LogP contribution in [0.25, 0.3) is 0 Å². The lowest BCUT2D eigenvalue weighted by Crippen LogP contribution is -2.31. The molecule has 0 unspecified atom stereocenters. The molecule has 0 aromatic heterocycles. The maximum Gasteiger partial charge on any atom is 0.243 e. The lowest BCUT2D eigenvalue weighted by molar-refractivity contribution is -0.126. The lowest BCUT2D eigenvalue weighted by Gasteiger charge is -2.20. The number of nitrogens with one attached hydrogen (secondary N) is 1. The number of rotatable bonds is 3. The third-order valence-electron chi connectivity index (χ3n) is 6.31. The van der Waals surface area contributed by atoms with E-state index in [-0.39, 0.29) is 11.8 Å². The van der Waals surface area contributed by atoms with Gasteiger partial charge in [-0.05, 0) is 68.1 Å². The summed E-state index contributed by atoms with van der Waals surface area (Å²) in [4.78, 5) is 12.1. The van der Waals surface area contributed by atoms with E-state index in [4.69, 9.17) is 0 Å². The normalized spacial score (nSPS) is 47.4. The molecular weight excluding hydrogens is 236 g/mol. The minimum Gasteiger partial charge on any atom is -0.273 e. The molecule has 0 saturated heterocycles. The van der Waals surface area contributed by atoms with Gasteiger partial charge in [-0.1, -0.05) is 12.8 Å². The molecule has 4 rings (SSSR count). The van der Waals surface area contributed by atoms with E-state index in [1.54, 1.807) is 0 Å². The van der Waals surface area contributed by atoms with Crippen molar-refractivity contribution in [1.82, 2.24) is 5.43 Å². The highest BCUT2D eigenvalue weighted by Crippen LogP contribution is 2.48. The Morgan fingerprint density at radius 3 is 2.26 bits per heavy atom. The second kappa shape index (κ2) is 4.60. The van der Waals surface area contributed by atoms with Crippen LogP contribution >= 0.6 is 0 Å². The summed E-state index contributed by atoms with van der Waals surface area (Å²) in [6.07, 6.45) is 12.5. The third kappa shape index (κ3) is 2.11. The lowest BCUT2D eigenvalue weighted by atomic mass is 9.88. The Kier molecular flexibility index (Phi) is 2.89. The van der Waals surface area contributed by atoms with Crippen molar-refractivity contribution in [3.05, 3.63) is 0 Å². The fourth-order valence-electron chi connectivity index (χ4n) is 5.32. The molecular formula is C16H24N2O. The molecule has 1 N–H and O–H groups in total. The minimum absolute atomic E-state index is 0.187. The number of hydrazone groups is 1. The summed E-state index contributed by atoms with van der Waals surface area (Å²) in [7, 11) is 0. The monoisotopic (exact) mass is 260 g/mol. The summed E-state index contributed by atoms with van der Waals surface area (Å²) >= 11 is 0. The second-order valence-corrected chi connectivity index (χ2v) is 7.37. The van der Waals surface area contributed by atoms with E-state index in [1.807, 2.05) is 6.21 Å². The molecule has 0 radical (unpaired) electrons. The zero-order valence-corrected chi connectivity index (χ0v) is 11.6. The van der Waals surface area contributed by atoms with Crippen molar-refractivity contribution in [3.8, 4) is 0 Å². The quantitative estimate of drug-likeness (QED) is 0.615. The van der Waals surface area contributed by atoms with Crippen molar-refractivity contribution in [1.29, 1.82) is 0 Å². The highest BCUT2D eigenvalue weighted by molar-refractivity contribution is 5.80. The molecule has 0 aliphatic heterocycles. The van der Waals surface area contributed by atoms with Crippen LogP contribution in [0.5, 0.6) is 0 Å². The first kappa shape index (κ1) is 11.9. The number of hydrogen-bond donors (Lipinski definition) is 1. The zero-order chi connectivity index (χ0) is 12.8. The Labute approximate surface area is 115 Å². The van der Waals surface area contributed by atoms with Gasteiger partial charge in [0.15, 0.2) is 0 Å². The van der Waals surface area contributed by atoms with Crippen LogP contribution in [0.1, 0.15) is 51.4 Å². The van der Waals surface area contributed by atoms with Crippen molar-refractivity contribution in [2.24, 2.45) is 40.6 Å². The molecule has 4 aliphatic rings. The van der Waals surface area contributed by atoms with Crippen LogP contribution in [0, 0.1) is 35.5 Å². The summed E-state index contributed by atoms with van der Waals surface area (Å²) in [6, 6.07) is 0. The molecule has 0 spiro atoms. The Morgan fingerprint density at radius 1 is 0.947 bits per heavy atom. The SMILES string of the molecule is O=C(N/N=C\[C@H]1C[C@@H]2CC[C@H]1C2)[C@@H]1C[C@@H]2CC[C@@H]1C2. The summed E-state index contributed by atoms with van der Waals surface area (Å²) in [5, 5.41) is 4.28. The molecule has 4 aliphatic carbocycles. The molecule has 1 amide bonds. The van der Waals surface area contributed by atoms with E-state index >= 15 is 0 Å². The van der Waals surface area contributed by atoms with Gasteiger partial charge in [0.1, 0.15) is 0 Å². The predicted octanol–water partition coefficient (Wildman–Crippen LogP) is 2.96. The van der Waals surface area contributed by atoms with Crippen molar-refractivity contribution < 1.29 is 4.79 Å². The molecule has 3 heteroatoms. The van der Waals surface area contributed by atoms with Gasteiger partial charge in [-0.2, -0.15) is 5.10 Å². The van der Waals surface area contributed by atoms with Gasteiger partial charge in [-0.25, -0.2) is 5.43 Å². The van der Waals surface area contributed by atoms with Crippen LogP contribution in [0.15, 0.2) is 5.10 Å². The summed E-state index contributed by atoms with van der Waals surface area (Å²) in [6.45, 7) is 0. The van der Waals surface area contributed by atoms with Gasteiger partial charge in [-0.3, -0.25) is 4.79 Å². The average Bonchev–Trinajstić information content (AvgIpc) is 3.18. The largest absolute Gasteiger partial charge is 0.273 e. The topological polar surface area (TPSA) is 41.5 Å². The molecule has 4 bridgehead atoms. The maximum absolute atomic E-state index is 12.1. The van der Waals surface area contributed by atoms with Crippen LogP contribution in [-0.2, 0) is 4.79 Å². The highest BCUT2D eigenvalue weighted by Gasteiger charge is 2.43. The first-order valence-corrected chi connectivity index (χ1v) is 8.12. The van der Waals surface area contributed by atoms with Crippen molar-refractivity contribution in [3.63, 3.8) is 0 Å². The van der Waals surface area contributed by atoms with Gasteiger partial charge in [0.2, 0.25) is 5.91 Å². The number of amides is 1. The molecule has 104 valence electrons. The van der Waals surface area contributed by atoms with E-state index in [9.17, 15) is 4.79 Å². The Balaban J connectivity index is 1.29. The standard InChI is InChI=1S/C16H24N2O/c19-16(15-8-11-2-4-13(15)6-11)18-17-9-14-7-10-1-3-12(14)5-10/h9-15H,1-8H2,(H,18,19)/b17-9-/t10-,11-,12+,13-,14-,15-/m1/s1. The predicted molar refractivity (Wildman–Crippen MR) is 74.5 cm³/mol. The van der Waals surface area contributed by atoms with Crippen LogP contribution in [0.2, 0.25) is 0 Å². The van der Waals surface area contributed by atoms with Crippen LogP contribution in [0.3, 0.4) is 0 Å². The van der Waals surface area contributed by atoms with E-state index in [2.05, 4.69) is 10.5 Å². The molecule has 6 atom stereocenters. The van der Waals surface area contributed by atoms with Crippen LogP contribution < -0.4 is 5.43 Å². The maximum atomic E-state index is 12.1. The Morgan fingerprint density at radius 2 is 1.68 bits per heavy atom.